The summed E-state index contributed by atoms with van der Waals surface area (Å²) in [5.74, 6) is -1.41. The van der Waals surface area contributed by atoms with Crippen LogP contribution in [-0.2, 0) is 9.47 Å². The summed E-state index contributed by atoms with van der Waals surface area (Å²) in [5.41, 5.74) is 0.0488. The van der Waals surface area contributed by atoms with Crippen LogP contribution in [0.3, 0.4) is 0 Å². The van der Waals surface area contributed by atoms with Gasteiger partial charge in [-0.25, -0.2) is 13.6 Å². The van der Waals surface area contributed by atoms with E-state index in [0.29, 0.717) is 37.8 Å². The molecule has 2 heterocycles. The lowest BCUT2D eigenvalue weighted by Crippen LogP contribution is -2.37. The number of cyclic esters (lactones) is 1. The number of morpholine rings is 1. The van der Waals surface area contributed by atoms with E-state index in [2.05, 4.69) is 5.32 Å². The highest BCUT2D eigenvalue weighted by molar-refractivity contribution is 7.80. The maximum atomic E-state index is 14.5. The maximum absolute atomic E-state index is 14.5. The van der Waals surface area contributed by atoms with Crippen LogP contribution in [0.15, 0.2) is 12.1 Å². The number of nitrogens with zero attached hydrogens (tertiary/aromatic N) is 2. The molecule has 0 spiro atoms. The minimum Gasteiger partial charge on any atom is -0.442 e. The Morgan fingerprint density at radius 1 is 1.32 bits per heavy atom. The molecular formula is C16H19F2N3O3S. The molecule has 1 aromatic rings. The topological polar surface area (TPSA) is 54.0 Å². The summed E-state index contributed by atoms with van der Waals surface area (Å²) in [7, 11) is 0. The first-order valence-corrected chi connectivity index (χ1v) is 8.41. The van der Waals surface area contributed by atoms with Gasteiger partial charge in [-0.05, 0) is 6.92 Å². The Hall–Kier alpha value is -2.00. The number of ether oxygens (including phenoxy) is 2. The highest BCUT2D eigenvalue weighted by Crippen LogP contribution is 2.31. The first-order valence-electron chi connectivity index (χ1n) is 8.00. The summed E-state index contributed by atoms with van der Waals surface area (Å²) >= 11 is 4.92. The van der Waals surface area contributed by atoms with Crippen molar-refractivity contribution < 1.29 is 23.0 Å². The molecule has 0 aliphatic carbocycles. The summed E-state index contributed by atoms with van der Waals surface area (Å²) in [6.07, 6.45) is -1.07. The predicted molar refractivity (Wildman–Crippen MR) is 93.3 cm³/mol. The van der Waals surface area contributed by atoms with E-state index in [0.717, 1.165) is 12.1 Å². The van der Waals surface area contributed by atoms with Crippen LogP contribution >= 0.6 is 12.2 Å². The normalized spacial score (nSPS) is 20.6. The maximum Gasteiger partial charge on any atom is 0.414 e. The second-order valence-electron chi connectivity index (χ2n) is 5.91. The molecule has 6 nitrogen and oxygen atoms in total. The first-order chi connectivity index (χ1) is 12.0. The summed E-state index contributed by atoms with van der Waals surface area (Å²) in [5, 5.41) is 2.92. The largest absolute Gasteiger partial charge is 0.442 e. The fraction of sp³-hybridized carbons (Fsp3) is 0.500. The van der Waals surface area contributed by atoms with Crippen LogP contribution in [0.1, 0.15) is 6.92 Å². The number of benzene rings is 1. The molecule has 136 valence electrons. The zero-order valence-electron chi connectivity index (χ0n) is 13.8. The Balaban J connectivity index is 1.76. The van der Waals surface area contributed by atoms with Gasteiger partial charge >= 0.3 is 6.09 Å². The Labute approximate surface area is 149 Å². The number of rotatable bonds is 4. The van der Waals surface area contributed by atoms with Crippen LogP contribution in [0.25, 0.3) is 0 Å². The molecule has 3 rings (SSSR count). The van der Waals surface area contributed by atoms with Crippen molar-refractivity contribution in [1.82, 2.24) is 5.32 Å². The highest BCUT2D eigenvalue weighted by Gasteiger charge is 2.33. The van der Waals surface area contributed by atoms with Gasteiger partial charge < -0.3 is 19.7 Å². The van der Waals surface area contributed by atoms with Crippen LogP contribution in [0.4, 0.5) is 25.0 Å². The lowest BCUT2D eigenvalue weighted by Gasteiger charge is -2.29. The molecule has 1 atom stereocenters. The molecule has 2 aliphatic rings. The van der Waals surface area contributed by atoms with Crippen molar-refractivity contribution in [3.8, 4) is 0 Å². The van der Waals surface area contributed by atoms with Crippen molar-refractivity contribution >= 4 is 34.7 Å². The molecule has 1 N–H and O–H groups in total. The minimum absolute atomic E-state index is 0.0887. The number of thiocarbonyl (C=S) groups is 1. The standard InChI is InChI=1S/C16H19F2N3O3S/c1-10(25)19-8-12-9-21(16(22)24-12)11-6-13(17)15(14(18)7-11)20-2-4-23-5-3-20/h6-7,12H,2-5,8-9H2,1H3,(H,19,25)/t12-/m0/s1. The molecule has 0 unspecified atom stereocenters. The third-order valence-electron chi connectivity index (χ3n) is 4.09. The molecule has 2 saturated heterocycles. The van der Waals surface area contributed by atoms with Gasteiger partial charge in [-0.3, -0.25) is 4.90 Å². The van der Waals surface area contributed by atoms with Crippen molar-refractivity contribution in [2.24, 2.45) is 0 Å². The van der Waals surface area contributed by atoms with Gasteiger partial charge in [0.05, 0.1) is 37.0 Å². The average molecular weight is 371 g/mol. The molecule has 0 aromatic heterocycles. The van der Waals surface area contributed by atoms with Crippen molar-refractivity contribution in [2.45, 2.75) is 13.0 Å². The second-order valence-corrected chi connectivity index (χ2v) is 6.52. The number of halogens is 2. The van der Waals surface area contributed by atoms with E-state index in [1.807, 2.05) is 0 Å². The summed E-state index contributed by atoms with van der Waals surface area (Å²) in [6, 6.07) is 2.32. The van der Waals surface area contributed by atoms with Crippen LogP contribution in [-0.4, -0.2) is 56.6 Å². The van der Waals surface area contributed by atoms with Crippen molar-refractivity contribution in [2.75, 3.05) is 49.2 Å². The van der Waals surface area contributed by atoms with E-state index in [1.54, 1.807) is 11.8 Å². The van der Waals surface area contributed by atoms with Crippen LogP contribution in [0, 0.1) is 11.6 Å². The SMILES string of the molecule is CC(=S)NC[C@H]1CN(c2cc(F)c(N3CCOCC3)c(F)c2)C(=O)O1. The van der Waals surface area contributed by atoms with Gasteiger partial charge in [0.1, 0.15) is 11.8 Å². The van der Waals surface area contributed by atoms with Crippen molar-refractivity contribution in [3.63, 3.8) is 0 Å². The molecule has 0 radical (unpaired) electrons. The molecule has 2 aliphatic heterocycles. The molecule has 9 heteroatoms. The second kappa shape index (κ2) is 7.49. The summed E-state index contributed by atoms with van der Waals surface area (Å²) in [6.45, 7) is 3.96. The lowest BCUT2D eigenvalue weighted by molar-refractivity contribution is 0.122. The van der Waals surface area contributed by atoms with Gasteiger partial charge in [0.2, 0.25) is 0 Å². The Bertz CT molecular complexity index is 660. The fourth-order valence-corrected chi connectivity index (χ4v) is 2.98. The summed E-state index contributed by atoms with van der Waals surface area (Å²) < 4.78 is 39.4. The minimum atomic E-state index is -0.707. The fourth-order valence-electron chi connectivity index (χ4n) is 2.89. The molecule has 25 heavy (non-hydrogen) atoms. The summed E-state index contributed by atoms with van der Waals surface area (Å²) in [4.78, 5) is 15.4. The van der Waals surface area contributed by atoms with Gasteiger partial charge in [0.15, 0.2) is 11.6 Å². The van der Waals surface area contributed by atoms with E-state index in [4.69, 9.17) is 21.7 Å². The number of amides is 1. The molecule has 0 saturated carbocycles. The van der Waals surface area contributed by atoms with E-state index in [1.165, 1.54) is 4.90 Å². The lowest BCUT2D eigenvalue weighted by atomic mass is 10.2. The van der Waals surface area contributed by atoms with Crippen LogP contribution < -0.4 is 15.1 Å². The molecule has 1 amide bonds. The number of carbonyl (C=O) groups excluding carboxylic acids is 1. The Morgan fingerprint density at radius 3 is 2.56 bits per heavy atom. The van der Waals surface area contributed by atoms with Crippen LogP contribution in [0.2, 0.25) is 0 Å². The quantitative estimate of drug-likeness (QED) is 0.818. The Kier molecular flexibility index (Phi) is 5.33. The average Bonchev–Trinajstić information content (AvgIpc) is 2.94. The van der Waals surface area contributed by atoms with E-state index in [-0.39, 0.29) is 17.9 Å². The van der Waals surface area contributed by atoms with Gasteiger partial charge in [0, 0.05) is 25.2 Å². The zero-order chi connectivity index (χ0) is 18.0. The highest BCUT2D eigenvalue weighted by atomic mass is 32.1. The van der Waals surface area contributed by atoms with E-state index in [9.17, 15) is 13.6 Å². The Morgan fingerprint density at radius 2 is 1.96 bits per heavy atom. The number of hydrogen-bond acceptors (Lipinski definition) is 5. The molecular weight excluding hydrogens is 352 g/mol. The number of carbonyl (C=O) groups is 1. The van der Waals surface area contributed by atoms with Gasteiger partial charge in [-0.2, -0.15) is 0 Å². The number of hydrogen-bond donors (Lipinski definition) is 1. The number of nitrogens with one attached hydrogen (secondary N) is 1. The van der Waals surface area contributed by atoms with Crippen molar-refractivity contribution in [3.05, 3.63) is 23.8 Å². The predicted octanol–water partition coefficient (Wildman–Crippen LogP) is 2.06. The third-order valence-corrected chi connectivity index (χ3v) is 4.24. The van der Waals surface area contributed by atoms with Crippen molar-refractivity contribution in [1.29, 1.82) is 0 Å². The monoisotopic (exact) mass is 371 g/mol. The smallest absolute Gasteiger partial charge is 0.414 e. The molecule has 2 fully saturated rings. The van der Waals surface area contributed by atoms with E-state index >= 15 is 0 Å². The third kappa shape index (κ3) is 3.98. The van der Waals surface area contributed by atoms with Crippen LogP contribution in [0.5, 0.6) is 0 Å². The zero-order valence-corrected chi connectivity index (χ0v) is 14.6. The molecule has 0 bridgehead atoms. The van der Waals surface area contributed by atoms with Gasteiger partial charge in [0.25, 0.3) is 0 Å². The molecule has 1 aromatic carbocycles. The van der Waals surface area contributed by atoms with Gasteiger partial charge in [-0.1, -0.05) is 12.2 Å². The van der Waals surface area contributed by atoms with Gasteiger partial charge in [-0.15, -0.1) is 0 Å². The van der Waals surface area contributed by atoms with E-state index < -0.39 is 23.8 Å². The number of anilines is 2. The first kappa shape index (κ1) is 17.8.